The summed E-state index contributed by atoms with van der Waals surface area (Å²) in [6.45, 7) is -0.549. The lowest BCUT2D eigenvalue weighted by Gasteiger charge is -2.15. The minimum absolute atomic E-state index is 0.144. The van der Waals surface area contributed by atoms with Crippen LogP contribution >= 0.6 is 0 Å². The number of aliphatic hydroxyl groups is 3. The molecule has 1 aliphatic rings. The Morgan fingerprint density at radius 1 is 1.39 bits per heavy atom. The molecule has 0 spiro atoms. The summed E-state index contributed by atoms with van der Waals surface area (Å²) < 4.78 is 6.24. The number of aromatic nitrogens is 4. The molecule has 0 aliphatic carbocycles. The molecule has 23 heavy (non-hydrogen) atoms. The lowest BCUT2D eigenvalue weighted by Crippen LogP contribution is -2.33. The standard InChI is InChI=1S/C11H14N6O6/c12-7(21)4-3-8(14-11(13)15-9(3)22)17(16-4)10-6(20)5(19)2(1-18)23-10/h2,5-6,10,18-20H,1H2,(H2,12,21)(H3,13,14,15,22)/t2-,5-,6-,10?/m1/s1. The van der Waals surface area contributed by atoms with Gasteiger partial charge in [-0.1, -0.05) is 0 Å². The highest BCUT2D eigenvalue weighted by molar-refractivity contribution is 6.03. The van der Waals surface area contributed by atoms with Crippen molar-refractivity contribution in [2.45, 2.75) is 24.5 Å². The average molecular weight is 326 g/mol. The van der Waals surface area contributed by atoms with E-state index in [4.69, 9.17) is 21.3 Å². The zero-order chi connectivity index (χ0) is 16.9. The predicted octanol–water partition coefficient (Wildman–Crippen LogP) is -3.59. The first kappa shape index (κ1) is 15.4. The molecule has 0 radical (unpaired) electrons. The first-order valence-electron chi connectivity index (χ1n) is 6.55. The molecular weight excluding hydrogens is 312 g/mol. The number of primary amides is 1. The summed E-state index contributed by atoms with van der Waals surface area (Å²) in [5.74, 6) is -1.23. The molecule has 12 heteroatoms. The van der Waals surface area contributed by atoms with Gasteiger partial charge in [-0.2, -0.15) is 10.1 Å². The lowest BCUT2D eigenvalue weighted by atomic mass is 10.1. The van der Waals surface area contributed by atoms with Crippen molar-refractivity contribution in [2.24, 2.45) is 5.73 Å². The van der Waals surface area contributed by atoms with E-state index >= 15 is 0 Å². The molecule has 1 unspecified atom stereocenters. The summed E-state index contributed by atoms with van der Waals surface area (Å²) in [6, 6.07) is 0. The Kier molecular flexibility index (Phi) is 3.52. The highest BCUT2D eigenvalue weighted by Crippen LogP contribution is 2.31. The maximum absolute atomic E-state index is 12.0. The highest BCUT2D eigenvalue weighted by Gasteiger charge is 2.45. The second-order valence-electron chi connectivity index (χ2n) is 5.04. The lowest BCUT2D eigenvalue weighted by molar-refractivity contribution is -0.0567. The van der Waals surface area contributed by atoms with Crippen molar-refractivity contribution in [3.63, 3.8) is 0 Å². The molecule has 2 aromatic rings. The monoisotopic (exact) mass is 326 g/mol. The summed E-state index contributed by atoms with van der Waals surface area (Å²) in [4.78, 5) is 29.6. The van der Waals surface area contributed by atoms with Crippen molar-refractivity contribution in [1.82, 2.24) is 19.7 Å². The number of amides is 1. The molecule has 2 aromatic heterocycles. The van der Waals surface area contributed by atoms with Crippen LogP contribution in [0.2, 0.25) is 0 Å². The molecule has 0 bridgehead atoms. The van der Waals surface area contributed by atoms with Crippen LogP contribution in [-0.4, -0.2) is 65.9 Å². The van der Waals surface area contributed by atoms with Crippen molar-refractivity contribution >= 4 is 22.9 Å². The van der Waals surface area contributed by atoms with Crippen molar-refractivity contribution in [3.05, 3.63) is 16.0 Å². The number of H-pyrrole nitrogens is 1. The number of nitrogens with two attached hydrogens (primary N) is 2. The molecule has 3 rings (SSSR count). The number of rotatable bonds is 3. The largest absolute Gasteiger partial charge is 0.394 e. The average Bonchev–Trinajstić information content (AvgIpc) is 2.99. The van der Waals surface area contributed by atoms with Crippen LogP contribution in [0, 0.1) is 0 Å². The number of carbonyl (C=O) groups excluding carboxylic acids is 1. The molecule has 1 amide bonds. The molecule has 12 nitrogen and oxygen atoms in total. The van der Waals surface area contributed by atoms with E-state index in [0.29, 0.717) is 0 Å². The van der Waals surface area contributed by atoms with Crippen LogP contribution in [0.1, 0.15) is 16.7 Å². The fourth-order valence-electron chi connectivity index (χ4n) is 2.49. The van der Waals surface area contributed by atoms with Crippen molar-refractivity contribution in [1.29, 1.82) is 0 Å². The molecule has 3 heterocycles. The van der Waals surface area contributed by atoms with Crippen LogP contribution in [0.5, 0.6) is 0 Å². The number of aromatic amines is 1. The Morgan fingerprint density at radius 3 is 2.65 bits per heavy atom. The third kappa shape index (κ3) is 2.24. The number of aliphatic hydroxyl groups excluding tert-OH is 3. The molecule has 124 valence electrons. The Labute approximate surface area is 127 Å². The fourth-order valence-corrected chi connectivity index (χ4v) is 2.49. The Balaban J connectivity index is 2.23. The summed E-state index contributed by atoms with van der Waals surface area (Å²) >= 11 is 0. The van der Waals surface area contributed by atoms with Gasteiger partial charge in [-0.3, -0.25) is 14.6 Å². The van der Waals surface area contributed by atoms with Crippen LogP contribution in [0.3, 0.4) is 0 Å². The number of hydrogen-bond donors (Lipinski definition) is 6. The minimum Gasteiger partial charge on any atom is -0.394 e. The number of ether oxygens (including phenoxy) is 1. The first-order valence-corrected chi connectivity index (χ1v) is 6.55. The topological polar surface area (TPSA) is 203 Å². The Hall–Kier alpha value is -2.54. The maximum atomic E-state index is 12.0. The molecule has 8 N–H and O–H groups in total. The summed E-state index contributed by atoms with van der Waals surface area (Å²) in [5, 5.41) is 32.6. The Bertz CT molecular complexity index is 830. The van der Waals surface area contributed by atoms with E-state index in [2.05, 4.69) is 15.1 Å². The van der Waals surface area contributed by atoms with Gasteiger partial charge in [0.1, 0.15) is 23.7 Å². The van der Waals surface area contributed by atoms with Gasteiger partial charge in [0.15, 0.2) is 17.6 Å². The number of fused-ring (bicyclic) bond motifs is 1. The number of nitrogen functional groups attached to an aromatic ring is 1. The third-order valence-corrected chi connectivity index (χ3v) is 3.57. The molecule has 1 aliphatic heterocycles. The van der Waals surface area contributed by atoms with E-state index in [9.17, 15) is 19.8 Å². The van der Waals surface area contributed by atoms with Gasteiger partial charge in [0.25, 0.3) is 11.5 Å². The van der Waals surface area contributed by atoms with Gasteiger partial charge >= 0.3 is 0 Å². The van der Waals surface area contributed by atoms with E-state index in [1.165, 1.54) is 0 Å². The second kappa shape index (κ2) is 5.27. The summed E-state index contributed by atoms with van der Waals surface area (Å²) in [7, 11) is 0. The molecule has 1 saturated heterocycles. The van der Waals surface area contributed by atoms with E-state index in [0.717, 1.165) is 4.68 Å². The van der Waals surface area contributed by atoms with Gasteiger partial charge in [-0.15, -0.1) is 0 Å². The van der Waals surface area contributed by atoms with E-state index in [1.807, 2.05) is 0 Å². The smallest absolute Gasteiger partial charge is 0.270 e. The fraction of sp³-hybridized carbons (Fsp3) is 0.455. The maximum Gasteiger partial charge on any atom is 0.270 e. The van der Waals surface area contributed by atoms with Gasteiger partial charge in [0, 0.05) is 0 Å². The summed E-state index contributed by atoms with van der Waals surface area (Å²) in [6.07, 6.45) is -5.21. The van der Waals surface area contributed by atoms with Crippen LogP contribution in [0.15, 0.2) is 4.79 Å². The van der Waals surface area contributed by atoms with Gasteiger partial charge in [0.05, 0.1) is 6.61 Å². The van der Waals surface area contributed by atoms with E-state index < -0.39 is 42.6 Å². The molecule has 4 atom stereocenters. The molecule has 0 aromatic carbocycles. The summed E-state index contributed by atoms with van der Waals surface area (Å²) in [5.41, 5.74) is 9.41. The normalized spacial score (nSPS) is 27.6. The van der Waals surface area contributed by atoms with Crippen molar-refractivity contribution < 1.29 is 24.9 Å². The van der Waals surface area contributed by atoms with Crippen molar-refractivity contribution in [2.75, 3.05) is 12.3 Å². The number of anilines is 1. The number of carbonyl (C=O) groups is 1. The van der Waals surface area contributed by atoms with Gasteiger partial charge in [-0.25, -0.2) is 4.68 Å². The zero-order valence-corrected chi connectivity index (χ0v) is 11.6. The van der Waals surface area contributed by atoms with Gasteiger partial charge in [-0.05, 0) is 0 Å². The zero-order valence-electron chi connectivity index (χ0n) is 11.6. The van der Waals surface area contributed by atoms with E-state index in [1.54, 1.807) is 0 Å². The number of nitrogens with one attached hydrogen (secondary N) is 1. The molecular formula is C11H14N6O6. The van der Waals surface area contributed by atoms with Crippen LogP contribution in [0.4, 0.5) is 5.95 Å². The number of hydrogen-bond acceptors (Lipinski definition) is 9. The Morgan fingerprint density at radius 2 is 2.09 bits per heavy atom. The third-order valence-electron chi connectivity index (χ3n) is 3.57. The highest BCUT2D eigenvalue weighted by atomic mass is 16.6. The van der Waals surface area contributed by atoms with Gasteiger partial charge < -0.3 is 31.5 Å². The van der Waals surface area contributed by atoms with Crippen LogP contribution in [0.25, 0.3) is 11.0 Å². The van der Waals surface area contributed by atoms with Gasteiger partial charge in [0.2, 0.25) is 5.95 Å². The predicted molar refractivity (Wildman–Crippen MR) is 74.1 cm³/mol. The molecule has 0 saturated carbocycles. The van der Waals surface area contributed by atoms with Crippen LogP contribution in [-0.2, 0) is 4.74 Å². The quantitative estimate of drug-likeness (QED) is 0.329. The molecule has 1 fully saturated rings. The second-order valence-corrected chi connectivity index (χ2v) is 5.04. The van der Waals surface area contributed by atoms with Crippen molar-refractivity contribution in [3.8, 4) is 0 Å². The van der Waals surface area contributed by atoms with Crippen LogP contribution < -0.4 is 17.0 Å². The minimum atomic E-state index is -1.47. The SMILES string of the molecule is NC(=O)c1nn(C2O[C@H](CO)[C@@H](O)[C@H]2O)c2nc(N)[nH]c(=O)c12. The first-order chi connectivity index (χ1) is 10.8. The van der Waals surface area contributed by atoms with E-state index in [-0.39, 0.29) is 22.7 Å². The number of nitrogens with zero attached hydrogens (tertiary/aromatic N) is 3.